The molecule has 0 heterocycles. The van der Waals surface area contributed by atoms with Gasteiger partial charge in [-0.1, -0.05) is 19.9 Å². The van der Waals surface area contributed by atoms with Gasteiger partial charge in [0.25, 0.3) is 0 Å². The number of anilines is 1. The predicted octanol–water partition coefficient (Wildman–Crippen LogP) is 3.47. The van der Waals surface area contributed by atoms with Crippen LogP contribution in [-0.2, 0) is 9.53 Å². The topological polar surface area (TPSA) is 38.3 Å². The first kappa shape index (κ1) is 15.5. The Morgan fingerprint density at radius 3 is 2.26 bits per heavy atom. The zero-order valence-corrected chi connectivity index (χ0v) is 12.8. The van der Waals surface area contributed by atoms with Crippen LogP contribution in [0.3, 0.4) is 0 Å². The van der Waals surface area contributed by atoms with Crippen molar-refractivity contribution >= 4 is 11.7 Å². The van der Waals surface area contributed by atoms with Crippen molar-refractivity contribution < 1.29 is 9.53 Å². The van der Waals surface area contributed by atoms with Crippen LogP contribution in [0.1, 0.15) is 30.5 Å². The molecule has 0 amide bonds. The molecular weight excluding hydrogens is 238 g/mol. The Morgan fingerprint density at radius 1 is 1.16 bits per heavy atom. The average Bonchev–Trinajstić information content (AvgIpc) is 2.34. The number of ether oxygens (including phenoxy) is 1. The summed E-state index contributed by atoms with van der Waals surface area (Å²) in [7, 11) is 1.44. The standard InChI is InChI=1S/C16H25NO2/c1-10(2)14(16(18)19-6)9-17-15-8-12(4)11(3)7-13(15)5/h7-8,10,14,17H,9H2,1-6H3. The van der Waals surface area contributed by atoms with E-state index in [1.807, 2.05) is 13.8 Å². The lowest BCUT2D eigenvalue weighted by molar-refractivity contribution is -0.146. The highest BCUT2D eigenvalue weighted by Gasteiger charge is 2.22. The van der Waals surface area contributed by atoms with E-state index < -0.39 is 0 Å². The van der Waals surface area contributed by atoms with Gasteiger partial charge in [-0.15, -0.1) is 0 Å². The van der Waals surface area contributed by atoms with Crippen molar-refractivity contribution in [1.82, 2.24) is 0 Å². The molecule has 0 aliphatic heterocycles. The lowest BCUT2D eigenvalue weighted by atomic mass is 9.95. The average molecular weight is 263 g/mol. The number of benzene rings is 1. The van der Waals surface area contributed by atoms with Crippen LogP contribution in [-0.4, -0.2) is 19.6 Å². The minimum absolute atomic E-state index is 0.119. The molecule has 1 unspecified atom stereocenters. The molecule has 1 N–H and O–H groups in total. The molecule has 106 valence electrons. The number of carbonyl (C=O) groups is 1. The molecule has 1 atom stereocenters. The molecular formula is C16H25NO2. The van der Waals surface area contributed by atoms with Gasteiger partial charge in [-0.2, -0.15) is 0 Å². The minimum atomic E-state index is -0.149. The van der Waals surface area contributed by atoms with E-state index in [4.69, 9.17) is 4.74 Å². The number of carbonyl (C=O) groups excluding carboxylic acids is 1. The number of rotatable bonds is 5. The summed E-state index contributed by atoms with van der Waals surface area (Å²) in [6, 6.07) is 4.31. The second-order valence-corrected chi connectivity index (χ2v) is 5.51. The van der Waals surface area contributed by atoms with Gasteiger partial charge in [0, 0.05) is 12.2 Å². The highest BCUT2D eigenvalue weighted by atomic mass is 16.5. The van der Waals surface area contributed by atoms with Crippen LogP contribution in [0.2, 0.25) is 0 Å². The number of hydrogen-bond acceptors (Lipinski definition) is 3. The summed E-state index contributed by atoms with van der Waals surface area (Å²) in [6.07, 6.45) is 0. The fourth-order valence-electron chi connectivity index (χ4n) is 2.11. The van der Waals surface area contributed by atoms with Crippen LogP contribution >= 0.6 is 0 Å². The first-order chi connectivity index (χ1) is 8.86. The molecule has 0 aromatic heterocycles. The molecule has 1 aromatic carbocycles. The SMILES string of the molecule is COC(=O)C(CNc1cc(C)c(C)cc1C)C(C)C. The van der Waals surface area contributed by atoms with Crippen molar-refractivity contribution in [3.05, 3.63) is 28.8 Å². The van der Waals surface area contributed by atoms with Gasteiger partial charge in [-0.25, -0.2) is 0 Å². The summed E-state index contributed by atoms with van der Waals surface area (Å²) < 4.78 is 4.86. The van der Waals surface area contributed by atoms with Gasteiger partial charge in [0.15, 0.2) is 0 Å². The molecule has 1 aromatic rings. The maximum atomic E-state index is 11.7. The second-order valence-electron chi connectivity index (χ2n) is 5.51. The third-order valence-electron chi connectivity index (χ3n) is 3.66. The first-order valence-electron chi connectivity index (χ1n) is 6.76. The molecule has 0 radical (unpaired) electrons. The van der Waals surface area contributed by atoms with Crippen molar-refractivity contribution in [2.24, 2.45) is 11.8 Å². The molecule has 19 heavy (non-hydrogen) atoms. The molecule has 0 aliphatic carbocycles. The molecule has 0 saturated carbocycles. The Kier molecular flexibility index (Phi) is 5.40. The summed E-state index contributed by atoms with van der Waals surface area (Å²) in [4.78, 5) is 11.7. The Bertz CT molecular complexity index is 452. The van der Waals surface area contributed by atoms with Crippen LogP contribution in [0, 0.1) is 32.6 Å². The van der Waals surface area contributed by atoms with Gasteiger partial charge < -0.3 is 10.1 Å². The van der Waals surface area contributed by atoms with Crippen molar-refractivity contribution in [3.63, 3.8) is 0 Å². The lowest BCUT2D eigenvalue weighted by Crippen LogP contribution is -2.29. The Morgan fingerprint density at radius 2 is 1.74 bits per heavy atom. The second kappa shape index (κ2) is 6.60. The van der Waals surface area contributed by atoms with Crippen LogP contribution in [0.25, 0.3) is 0 Å². The monoisotopic (exact) mass is 263 g/mol. The molecule has 0 bridgehead atoms. The van der Waals surface area contributed by atoms with E-state index in [1.165, 1.54) is 23.8 Å². The largest absolute Gasteiger partial charge is 0.469 e. The van der Waals surface area contributed by atoms with Crippen LogP contribution in [0.4, 0.5) is 5.69 Å². The van der Waals surface area contributed by atoms with E-state index in [2.05, 4.69) is 38.2 Å². The van der Waals surface area contributed by atoms with Gasteiger partial charge >= 0.3 is 5.97 Å². The molecule has 1 rings (SSSR count). The van der Waals surface area contributed by atoms with E-state index in [9.17, 15) is 4.79 Å². The van der Waals surface area contributed by atoms with Crippen molar-refractivity contribution in [3.8, 4) is 0 Å². The highest BCUT2D eigenvalue weighted by molar-refractivity contribution is 5.73. The van der Waals surface area contributed by atoms with E-state index in [-0.39, 0.29) is 17.8 Å². The van der Waals surface area contributed by atoms with Gasteiger partial charge in [-0.3, -0.25) is 4.79 Å². The maximum Gasteiger partial charge on any atom is 0.310 e. The number of methoxy groups -OCH3 is 1. The fraction of sp³-hybridized carbons (Fsp3) is 0.562. The highest BCUT2D eigenvalue weighted by Crippen LogP contribution is 2.21. The van der Waals surface area contributed by atoms with Crippen LogP contribution < -0.4 is 5.32 Å². The number of esters is 1. The molecule has 3 heteroatoms. The Balaban J connectivity index is 2.80. The van der Waals surface area contributed by atoms with Crippen molar-refractivity contribution in [1.29, 1.82) is 0 Å². The Labute approximate surface area is 116 Å². The smallest absolute Gasteiger partial charge is 0.310 e. The quantitative estimate of drug-likeness (QED) is 0.827. The molecule has 0 spiro atoms. The van der Waals surface area contributed by atoms with Gasteiger partial charge in [-0.05, 0) is 49.4 Å². The zero-order valence-electron chi connectivity index (χ0n) is 12.8. The minimum Gasteiger partial charge on any atom is -0.469 e. The summed E-state index contributed by atoms with van der Waals surface area (Å²) in [5.74, 6) is -0.0122. The van der Waals surface area contributed by atoms with Crippen molar-refractivity contribution in [2.45, 2.75) is 34.6 Å². The summed E-state index contributed by atoms with van der Waals surface area (Å²) in [6.45, 7) is 11.0. The van der Waals surface area contributed by atoms with Crippen LogP contribution in [0.15, 0.2) is 12.1 Å². The Hall–Kier alpha value is -1.51. The summed E-state index contributed by atoms with van der Waals surface area (Å²) in [5, 5.41) is 3.38. The van der Waals surface area contributed by atoms with Gasteiger partial charge in [0.2, 0.25) is 0 Å². The third kappa shape index (κ3) is 3.98. The number of nitrogens with one attached hydrogen (secondary N) is 1. The predicted molar refractivity (Wildman–Crippen MR) is 79.5 cm³/mol. The van der Waals surface area contributed by atoms with Crippen LogP contribution in [0.5, 0.6) is 0 Å². The molecule has 0 saturated heterocycles. The lowest BCUT2D eigenvalue weighted by Gasteiger charge is -2.20. The first-order valence-corrected chi connectivity index (χ1v) is 6.76. The van der Waals surface area contributed by atoms with E-state index in [0.717, 1.165) is 5.69 Å². The van der Waals surface area contributed by atoms with E-state index in [0.29, 0.717) is 6.54 Å². The van der Waals surface area contributed by atoms with E-state index >= 15 is 0 Å². The van der Waals surface area contributed by atoms with Crippen molar-refractivity contribution in [2.75, 3.05) is 19.0 Å². The fourth-order valence-corrected chi connectivity index (χ4v) is 2.11. The van der Waals surface area contributed by atoms with Gasteiger partial charge in [0.05, 0.1) is 13.0 Å². The zero-order chi connectivity index (χ0) is 14.6. The summed E-state index contributed by atoms with van der Waals surface area (Å²) in [5.41, 5.74) is 4.84. The van der Waals surface area contributed by atoms with Gasteiger partial charge in [0.1, 0.15) is 0 Å². The number of aryl methyl sites for hydroxylation is 3. The summed E-state index contributed by atoms with van der Waals surface area (Å²) >= 11 is 0. The molecule has 3 nitrogen and oxygen atoms in total. The molecule has 0 aliphatic rings. The number of hydrogen-bond donors (Lipinski definition) is 1. The van der Waals surface area contributed by atoms with E-state index in [1.54, 1.807) is 0 Å². The maximum absolute atomic E-state index is 11.7. The normalized spacial score (nSPS) is 12.4. The molecule has 0 fully saturated rings. The third-order valence-corrected chi connectivity index (χ3v) is 3.66.